The summed E-state index contributed by atoms with van der Waals surface area (Å²) in [6, 6.07) is 7.10. The highest BCUT2D eigenvalue weighted by Gasteiger charge is 2.61. The van der Waals surface area contributed by atoms with Gasteiger partial charge in [0.2, 0.25) is 11.8 Å². The number of amides is 4. The van der Waals surface area contributed by atoms with Crippen molar-refractivity contribution in [2.75, 3.05) is 31.7 Å². The van der Waals surface area contributed by atoms with Gasteiger partial charge in [-0.1, -0.05) is 31.0 Å². The monoisotopic (exact) mass is 371 g/mol. The Hall–Kier alpha value is -2.41. The van der Waals surface area contributed by atoms with E-state index in [9.17, 15) is 14.4 Å². The van der Waals surface area contributed by atoms with Crippen LogP contribution in [0.25, 0.3) is 0 Å². The molecule has 3 aliphatic rings. The number of urea groups is 1. The molecule has 1 aromatic rings. The van der Waals surface area contributed by atoms with Crippen LogP contribution in [-0.2, 0) is 20.7 Å². The maximum absolute atomic E-state index is 13.6. The Bertz CT molecular complexity index is 780. The Morgan fingerprint density at radius 1 is 1.19 bits per heavy atom. The van der Waals surface area contributed by atoms with E-state index >= 15 is 0 Å². The van der Waals surface area contributed by atoms with Gasteiger partial charge in [0, 0.05) is 19.3 Å². The summed E-state index contributed by atoms with van der Waals surface area (Å²) in [6.07, 6.45) is 4.17. The van der Waals surface area contributed by atoms with Crippen molar-refractivity contribution in [3.8, 4) is 0 Å². The summed E-state index contributed by atoms with van der Waals surface area (Å²) in [4.78, 5) is 42.4. The Labute approximate surface area is 158 Å². The van der Waals surface area contributed by atoms with Crippen LogP contribution in [0.5, 0.6) is 0 Å². The zero-order valence-electron chi connectivity index (χ0n) is 15.6. The number of nitrogens with one attached hydrogen (secondary N) is 1. The first-order valence-corrected chi connectivity index (χ1v) is 9.60. The molecule has 7 heteroatoms. The predicted octanol–water partition coefficient (Wildman–Crippen LogP) is 1.70. The molecule has 3 aliphatic heterocycles. The molecular formula is C20H25N3O4. The molecule has 0 bridgehead atoms. The number of hydrogen-bond acceptors (Lipinski definition) is 5. The van der Waals surface area contributed by atoms with E-state index in [4.69, 9.17) is 4.74 Å². The van der Waals surface area contributed by atoms with Crippen LogP contribution in [0.15, 0.2) is 24.3 Å². The van der Waals surface area contributed by atoms with Gasteiger partial charge in [0.25, 0.3) is 0 Å². The topological polar surface area (TPSA) is 79.0 Å². The summed E-state index contributed by atoms with van der Waals surface area (Å²) in [5, 5.41) is 2.46. The molecular weight excluding hydrogens is 346 g/mol. The van der Waals surface area contributed by atoms with E-state index in [-0.39, 0.29) is 25.1 Å². The molecule has 2 unspecified atom stereocenters. The highest BCUT2D eigenvalue weighted by Crippen LogP contribution is 2.46. The van der Waals surface area contributed by atoms with Gasteiger partial charge in [-0.15, -0.1) is 0 Å². The van der Waals surface area contributed by atoms with Crippen LogP contribution in [-0.4, -0.2) is 55.6 Å². The largest absolute Gasteiger partial charge is 0.383 e. The van der Waals surface area contributed by atoms with Crippen LogP contribution in [0.1, 0.15) is 31.2 Å². The smallest absolute Gasteiger partial charge is 0.330 e. The zero-order valence-corrected chi connectivity index (χ0v) is 15.6. The van der Waals surface area contributed by atoms with Crippen molar-refractivity contribution in [2.45, 2.75) is 38.1 Å². The summed E-state index contributed by atoms with van der Waals surface area (Å²) in [6.45, 7) is 1.20. The molecule has 1 N–H and O–H groups in total. The number of ether oxygens (including phenoxy) is 1. The third kappa shape index (κ3) is 2.72. The van der Waals surface area contributed by atoms with Crippen LogP contribution < -0.4 is 10.2 Å². The first kappa shape index (κ1) is 18.0. The van der Waals surface area contributed by atoms with E-state index in [1.807, 2.05) is 18.2 Å². The highest BCUT2D eigenvalue weighted by molar-refractivity contribution is 6.20. The number of benzene rings is 1. The second kappa shape index (κ2) is 6.96. The Balaban J connectivity index is 1.82. The fourth-order valence-electron chi connectivity index (χ4n) is 4.81. The van der Waals surface area contributed by atoms with E-state index in [2.05, 4.69) is 16.3 Å². The minimum atomic E-state index is -1.26. The molecule has 0 radical (unpaired) electrons. The van der Waals surface area contributed by atoms with Gasteiger partial charge in [-0.2, -0.15) is 0 Å². The first-order valence-electron chi connectivity index (χ1n) is 9.60. The second-order valence-electron chi connectivity index (χ2n) is 7.54. The van der Waals surface area contributed by atoms with E-state index in [1.165, 1.54) is 7.11 Å². The number of fused-ring (bicyclic) bond motifs is 4. The number of anilines is 1. The number of methoxy groups -OCH3 is 1. The standard InChI is InChI=1S/C20H25N3O4/c1-27-12-11-23-18(25)20(17(24)21-19(23)26)13-14-7-4-5-8-15(14)22-10-6-2-3-9-16(20)22/h4-5,7-8,16H,2-3,6,9-13H2,1H3,(H,21,24,26). The maximum Gasteiger partial charge on any atom is 0.330 e. The van der Waals surface area contributed by atoms with Crippen molar-refractivity contribution in [1.29, 1.82) is 0 Å². The number of nitrogens with zero attached hydrogens (tertiary/aromatic N) is 2. The lowest BCUT2D eigenvalue weighted by Crippen LogP contribution is -2.72. The number of para-hydroxylation sites is 1. The average molecular weight is 371 g/mol. The van der Waals surface area contributed by atoms with E-state index in [1.54, 1.807) is 0 Å². The average Bonchev–Trinajstić information content (AvgIpc) is 2.93. The van der Waals surface area contributed by atoms with E-state index in [0.29, 0.717) is 6.42 Å². The molecule has 4 rings (SSSR count). The van der Waals surface area contributed by atoms with Crippen molar-refractivity contribution in [3.05, 3.63) is 29.8 Å². The molecule has 2 atom stereocenters. The molecule has 1 aromatic carbocycles. The van der Waals surface area contributed by atoms with Crippen molar-refractivity contribution >= 4 is 23.5 Å². The second-order valence-corrected chi connectivity index (χ2v) is 7.54. The summed E-state index contributed by atoms with van der Waals surface area (Å²) >= 11 is 0. The third-order valence-electron chi connectivity index (χ3n) is 6.11. The van der Waals surface area contributed by atoms with Crippen LogP contribution >= 0.6 is 0 Å². The zero-order chi connectivity index (χ0) is 19.0. The molecule has 144 valence electrons. The molecule has 4 amide bonds. The van der Waals surface area contributed by atoms with Gasteiger partial charge >= 0.3 is 6.03 Å². The van der Waals surface area contributed by atoms with Gasteiger partial charge in [0.15, 0.2) is 5.41 Å². The lowest BCUT2D eigenvalue weighted by molar-refractivity contribution is -0.154. The molecule has 27 heavy (non-hydrogen) atoms. The lowest BCUT2D eigenvalue weighted by Gasteiger charge is -2.51. The molecule has 2 saturated heterocycles. The molecule has 1 spiro atoms. The number of carbonyl (C=O) groups excluding carboxylic acids is 3. The molecule has 0 saturated carbocycles. The summed E-state index contributed by atoms with van der Waals surface area (Å²) < 4.78 is 5.06. The molecule has 2 fully saturated rings. The first-order chi connectivity index (χ1) is 13.1. The summed E-state index contributed by atoms with van der Waals surface area (Å²) in [5.74, 6) is -0.850. The van der Waals surface area contributed by atoms with Crippen molar-refractivity contribution in [2.24, 2.45) is 5.41 Å². The third-order valence-corrected chi connectivity index (χ3v) is 6.11. The lowest BCUT2D eigenvalue weighted by atomic mass is 9.67. The van der Waals surface area contributed by atoms with Crippen molar-refractivity contribution in [1.82, 2.24) is 10.2 Å². The minimum Gasteiger partial charge on any atom is -0.383 e. The molecule has 0 aromatic heterocycles. The van der Waals surface area contributed by atoms with E-state index < -0.39 is 17.4 Å². The van der Waals surface area contributed by atoms with Gasteiger partial charge in [0.05, 0.1) is 19.2 Å². The van der Waals surface area contributed by atoms with Crippen LogP contribution in [0, 0.1) is 5.41 Å². The predicted molar refractivity (Wildman–Crippen MR) is 99.3 cm³/mol. The van der Waals surface area contributed by atoms with Gasteiger partial charge < -0.3 is 9.64 Å². The Morgan fingerprint density at radius 3 is 2.81 bits per heavy atom. The van der Waals surface area contributed by atoms with Crippen molar-refractivity contribution in [3.63, 3.8) is 0 Å². The van der Waals surface area contributed by atoms with E-state index in [0.717, 1.165) is 48.4 Å². The van der Waals surface area contributed by atoms with Crippen LogP contribution in [0.4, 0.5) is 10.5 Å². The quantitative estimate of drug-likeness (QED) is 0.819. The molecule has 0 aliphatic carbocycles. The van der Waals surface area contributed by atoms with Crippen molar-refractivity contribution < 1.29 is 19.1 Å². The fraction of sp³-hybridized carbons (Fsp3) is 0.550. The highest BCUT2D eigenvalue weighted by atomic mass is 16.5. The maximum atomic E-state index is 13.6. The van der Waals surface area contributed by atoms with Gasteiger partial charge in [-0.3, -0.25) is 19.8 Å². The van der Waals surface area contributed by atoms with Crippen LogP contribution in [0.3, 0.4) is 0 Å². The number of carbonyl (C=O) groups is 3. The summed E-state index contributed by atoms with van der Waals surface area (Å²) in [7, 11) is 1.52. The minimum absolute atomic E-state index is 0.143. The fourth-order valence-corrected chi connectivity index (χ4v) is 4.81. The molecule has 3 heterocycles. The number of hydrogen-bond donors (Lipinski definition) is 1. The number of barbiturate groups is 1. The Morgan fingerprint density at radius 2 is 2.00 bits per heavy atom. The number of rotatable bonds is 3. The van der Waals surface area contributed by atoms with Gasteiger partial charge in [-0.05, 0) is 30.9 Å². The summed E-state index contributed by atoms with van der Waals surface area (Å²) in [5.41, 5.74) is 0.830. The van der Waals surface area contributed by atoms with Crippen LogP contribution in [0.2, 0.25) is 0 Å². The van der Waals surface area contributed by atoms with Gasteiger partial charge in [0.1, 0.15) is 0 Å². The normalized spacial score (nSPS) is 27.9. The molecule has 7 nitrogen and oxygen atoms in total. The SMILES string of the molecule is COCCN1C(=O)NC(=O)C2(Cc3ccccc3N3CCCCCC32)C1=O. The number of imide groups is 2. The Kier molecular flexibility index (Phi) is 4.63. The van der Waals surface area contributed by atoms with Gasteiger partial charge in [-0.25, -0.2) is 4.79 Å².